The fraction of sp³-hybridized carbons (Fsp3) is 1.00. The van der Waals surface area contributed by atoms with Gasteiger partial charge in [-0.05, 0) is 37.5 Å². The van der Waals surface area contributed by atoms with Gasteiger partial charge in [0, 0.05) is 6.04 Å². The highest BCUT2D eigenvalue weighted by Crippen LogP contribution is 2.55. The fourth-order valence-electron chi connectivity index (χ4n) is 3.10. The smallest absolute Gasteiger partial charge is 0.215 e. The lowest BCUT2D eigenvalue weighted by Gasteiger charge is -2.20. The zero-order chi connectivity index (χ0) is 11.3. The summed E-state index contributed by atoms with van der Waals surface area (Å²) in [5.74, 6) is 0.682. The van der Waals surface area contributed by atoms with Crippen molar-refractivity contribution in [3.63, 3.8) is 0 Å². The lowest BCUT2D eigenvalue weighted by atomic mass is 9.98. The van der Waals surface area contributed by atoms with E-state index in [2.05, 4.69) is 6.92 Å². The Morgan fingerprint density at radius 3 is 2.27 bits per heavy atom. The second-order valence-electron chi connectivity index (χ2n) is 5.11. The van der Waals surface area contributed by atoms with E-state index < -0.39 is 14.8 Å². The van der Waals surface area contributed by atoms with E-state index in [9.17, 15) is 8.42 Å². The van der Waals surface area contributed by atoms with E-state index in [0.717, 1.165) is 32.1 Å². The van der Waals surface area contributed by atoms with Crippen molar-refractivity contribution >= 4 is 10.0 Å². The second-order valence-corrected chi connectivity index (χ2v) is 7.01. The molecule has 0 heterocycles. The second kappa shape index (κ2) is 3.43. The minimum absolute atomic E-state index is 0.166. The average Bonchev–Trinajstić information content (AvgIpc) is 2.85. The standard InChI is InChI=1S/C10H20N2O2S/c1-2-7-5-8(6-9(7)11)10(3-4-10)15(12,13)14/h7-9H,2-6,11H2,1H3,(H2,12,13,14)/t7-,8+,9+/m1/s1. The van der Waals surface area contributed by atoms with Crippen molar-refractivity contribution in [2.45, 2.75) is 49.8 Å². The predicted octanol–water partition coefficient (Wildman–Crippen LogP) is 0.571. The molecule has 0 unspecified atom stereocenters. The third-order valence-corrected chi connectivity index (χ3v) is 6.20. The summed E-state index contributed by atoms with van der Waals surface area (Å²) < 4.78 is 22.5. The minimum Gasteiger partial charge on any atom is -0.327 e. The van der Waals surface area contributed by atoms with Crippen LogP contribution in [0.5, 0.6) is 0 Å². The van der Waals surface area contributed by atoms with Crippen LogP contribution in [0.4, 0.5) is 0 Å². The summed E-state index contributed by atoms with van der Waals surface area (Å²) in [6.45, 7) is 2.11. The molecule has 88 valence electrons. The summed E-state index contributed by atoms with van der Waals surface area (Å²) in [6, 6.07) is 0.166. The van der Waals surface area contributed by atoms with Crippen molar-refractivity contribution in [2.24, 2.45) is 22.7 Å². The molecule has 0 saturated heterocycles. The van der Waals surface area contributed by atoms with Crippen LogP contribution in [0.1, 0.15) is 39.0 Å². The number of hydrogen-bond acceptors (Lipinski definition) is 3. The van der Waals surface area contributed by atoms with E-state index in [1.54, 1.807) is 0 Å². The van der Waals surface area contributed by atoms with Crippen molar-refractivity contribution < 1.29 is 8.42 Å². The van der Waals surface area contributed by atoms with Crippen molar-refractivity contribution in [2.75, 3.05) is 0 Å². The van der Waals surface area contributed by atoms with Crippen LogP contribution in [0.2, 0.25) is 0 Å². The Hall–Kier alpha value is -0.130. The Morgan fingerprint density at radius 2 is 1.93 bits per heavy atom. The number of nitrogens with two attached hydrogens (primary N) is 2. The Bertz CT molecular complexity index is 348. The molecular weight excluding hydrogens is 212 g/mol. The van der Waals surface area contributed by atoms with Crippen LogP contribution in [-0.2, 0) is 10.0 Å². The highest BCUT2D eigenvalue weighted by atomic mass is 32.2. The van der Waals surface area contributed by atoms with Crippen molar-refractivity contribution in [3.05, 3.63) is 0 Å². The molecule has 0 aliphatic heterocycles. The number of sulfonamides is 1. The van der Waals surface area contributed by atoms with Gasteiger partial charge in [0.2, 0.25) is 10.0 Å². The molecule has 0 spiro atoms. The quantitative estimate of drug-likeness (QED) is 0.746. The Balaban J connectivity index is 2.15. The minimum atomic E-state index is -3.39. The Kier molecular flexibility index (Phi) is 2.60. The zero-order valence-electron chi connectivity index (χ0n) is 9.15. The lowest BCUT2D eigenvalue weighted by Crippen LogP contribution is -2.37. The van der Waals surface area contributed by atoms with Crippen LogP contribution in [-0.4, -0.2) is 19.2 Å². The summed E-state index contributed by atoms with van der Waals surface area (Å²) in [6.07, 6.45) is 4.28. The van der Waals surface area contributed by atoms with Gasteiger partial charge in [-0.3, -0.25) is 0 Å². The molecule has 0 amide bonds. The van der Waals surface area contributed by atoms with Gasteiger partial charge in [0.1, 0.15) is 0 Å². The third-order valence-electron chi connectivity index (χ3n) is 4.33. The average molecular weight is 232 g/mol. The maximum absolute atomic E-state index is 11.5. The van der Waals surface area contributed by atoms with Gasteiger partial charge in [0.05, 0.1) is 4.75 Å². The van der Waals surface area contributed by atoms with Crippen molar-refractivity contribution in [1.29, 1.82) is 0 Å². The first-order chi connectivity index (χ1) is 6.90. The van der Waals surface area contributed by atoms with Crippen LogP contribution in [0, 0.1) is 11.8 Å². The first kappa shape index (κ1) is 11.4. The summed E-state index contributed by atoms with van der Waals surface area (Å²) in [5, 5.41) is 5.32. The topological polar surface area (TPSA) is 86.2 Å². The van der Waals surface area contributed by atoms with Gasteiger partial charge in [-0.1, -0.05) is 13.3 Å². The van der Waals surface area contributed by atoms with E-state index in [0.29, 0.717) is 5.92 Å². The van der Waals surface area contributed by atoms with Gasteiger partial charge >= 0.3 is 0 Å². The molecule has 2 saturated carbocycles. The molecule has 0 aromatic carbocycles. The van der Waals surface area contributed by atoms with Gasteiger partial charge in [0.25, 0.3) is 0 Å². The van der Waals surface area contributed by atoms with E-state index >= 15 is 0 Å². The molecule has 2 rings (SSSR count). The van der Waals surface area contributed by atoms with Crippen LogP contribution in [0.25, 0.3) is 0 Å². The highest BCUT2D eigenvalue weighted by Gasteiger charge is 2.60. The summed E-state index contributed by atoms with van der Waals surface area (Å²) >= 11 is 0. The van der Waals surface area contributed by atoms with Gasteiger partial charge in [-0.2, -0.15) is 0 Å². The summed E-state index contributed by atoms with van der Waals surface area (Å²) in [7, 11) is -3.39. The fourth-order valence-corrected chi connectivity index (χ4v) is 4.43. The number of rotatable bonds is 3. The number of hydrogen-bond donors (Lipinski definition) is 2. The molecule has 5 heteroatoms. The van der Waals surface area contributed by atoms with Gasteiger partial charge in [-0.15, -0.1) is 0 Å². The highest BCUT2D eigenvalue weighted by molar-refractivity contribution is 7.90. The van der Waals surface area contributed by atoms with Crippen LogP contribution in [0.15, 0.2) is 0 Å². The van der Waals surface area contributed by atoms with E-state index in [-0.39, 0.29) is 12.0 Å². The van der Waals surface area contributed by atoms with Crippen molar-refractivity contribution in [3.8, 4) is 0 Å². The first-order valence-corrected chi connectivity index (χ1v) is 7.23. The third kappa shape index (κ3) is 1.70. The summed E-state index contributed by atoms with van der Waals surface area (Å²) in [5.41, 5.74) is 6.01. The molecule has 2 fully saturated rings. The maximum atomic E-state index is 11.5. The van der Waals surface area contributed by atoms with E-state index in [1.165, 1.54) is 0 Å². The molecule has 0 bridgehead atoms. The SMILES string of the molecule is CC[C@@H]1C[C@H](C2(S(N)(=O)=O)CC2)C[C@@H]1N. The zero-order valence-corrected chi connectivity index (χ0v) is 9.96. The van der Waals surface area contributed by atoms with E-state index in [4.69, 9.17) is 10.9 Å². The largest absolute Gasteiger partial charge is 0.327 e. The molecule has 15 heavy (non-hydrogen) atoms. The molecule has 3 atom stereocenters. The molecule has 0 aromatic heterocycles. The predicted molar refractivity (Wildman–Crippen MR) is 59.6 cm³/mol. The molecular formula is C10H20N2O2S. The Morgan fingerprint density at radius 1 is 1.33 bits per heavy atom. The van der Waals surface area contributed by atoms with Gasteiger partial charge in [0.15, 0.2) is 0 Å². The molecule has 4 nitrogen and oxygen atoms in total. The summed E-state index contributed by atoms with van der Waals surface area (Å²) in [4.78, 5) is 0. The van der Waals surface area contributed by atoms with E-state index in [1.807, 2.05) is 0 Å². The van der Waals surface area contributed by atoms with Crippen LogP contribution < -0.4 is 10.9 Å². The maximum Gasteiger partial charge on any atom is 0.215 e. The Labute approximate surface area is 91.5 Å². The van der Waals surface area contributed by atoms with Gasteiger partial charge in [-0.25, -0.2) is 13.6 Å². The van der Waals surface area contributed by atoms with Crippen LogP contribution in [0.3, 0.4) is 0 Å². The molecule has 4 N–H and O–H groups in total. The first-order valence-electron chi connectivity index (χ1n) is 5.68. The molecule has 0 radical (unpaired) electrons. The monoisotopic (exact) mass is 232 g/mol. The lowest BCUT2D eigenvalue weighted by molar-refractivity contribution is 0.436. The molecule has 0 aromatic rings. The van der Waals surface area contributed by atoms with Crippen molar-refractivity contribution in [1.82, 2.24) is 0 Å². The molecule has 2 aliphatic rings. The normalized spacial score (nSPS) is 39.3. The van der Waals surface area contributed by atoms with Crippen LogP contribution >= 0.6 is 0 Å². The van der Waals surface area contributed by atoms with Gasteiger partial charge < -0.3 is 5.73 Å². The molecule has 2 aliphatic carbocycles. The number of primary sulfonamides is 1.